The highest BCUT2D eigenvalue weighted by molar-refractivity contribution is 5.78. The number of nitrogens with two attached hydrogens (primary N) is 1. The fraction of sp³-hybridized carbons (Fsp3) is 0.300. The number of rotatable bonds is 2. The first kappa shape index (κ1) is 10.4. The van der Waals surface area contributed by atoms with Crippen LogP contribution in [0.25, 0.3) is 0 Å². The molecule has 0 amide bonds. The van der Waals surface area contributed by atoms with Gasteiger partial charge >= 0.3 is 0 Å². The van der Waals surface area contributed by atoms with Gasteiger partial charge < -0.3 is 16.0 Å². The van der Waals surface area contributed by atoms with Gasteiger partial charge in [-0.15, -0.1) is 0 Å². The van der Waals surface area contributed by atoms with E-state index in [2.05, 4.69) is 20.3 Å². The average molecular weight is 218 g/mol. The molecule has 2 heterocycles. The summed E-state index contributed by atoms with van der Waals surface area (Å²) in [6.45, 7) is 1.94. The Balaban J connectivity index is 2.23. The predicted molar refractivity (Wildman–Crippen MR) is 62.7 cm³/mol. The van der Waals surface area contributed by atoms with Crippen molar-refractivity contribution < 1.29 is 0 Å². The second-order valence-corrected chi connectivity index (χ2v) is 3.72. The van der Waals surface area contributed by atoms with Crippen molar-refractivity contribution in [3.63, 3.8) is 0 Å². The van der Waals surface area contributed by atoms with E-state index in [1.54, 1.807) is 24.8 Å². The molecule has 3 N–H and O–H groups in total. The highest BCUT2D eigenvalue weighted by Crippen LogP contribution is 2.21. The minimum atomic E-state index is -0.562. The van der Waals surface area contributed by atoms with Gasteiger partial charge in [0.05, 0.1) is 30.0 Å². The topological polar surface area (TPSA) is 79.4 Å². The number of hydrogen-bond donors (Lipinski definition) is 2. The lowest BCUT2D eigenvalue weighted by molar-refractivity contribution is 0.410. The average Bonchev–Trinajstić information content (AvgIpc) is 2.33. The van der Waals surface area contributed by atoms with Gasteiger partial charge in [0.15, 0.2) is 0 Å². The van der Waals surface area contributed by atoms with E-state index >= 15 is 0 Å². The van der Waals surface area contributed by atoms with Gasteiger partial charge in [0.25, 0.3) is 0 Å². The molecule has 1 atom stereocenters. The Kier molecular flexibility index (Phi) is 2.47. The summed E-state index contributed by atoms with van der Waals surface area (Å²) >= 11 is 0. The molecular formula is C10H14N6. The lowest BCUT2D eigenvalue weighted by atomic mass is 10.3. The van der Waals surface area contributed by atoms with Crippen LogP contribution in [0.2, 0.25) is 0 Å². The predicted octanol–water partition coefficient (Wildman–Crippen LogP) is 0.0606. The largest absolute Gasteiger partial charge is 0.396 e. The van der Waals surface area contributed by atoms with E-state index in [4.69, 9.17) is 5.73 Å². The molecule has 6 nitrogen and oxygen atoms in total. The molecular weight excluding hydrogens is 204 g/mol. The van der Waals surface area contributed by atoms with Gasteiger partial charge in [0.1, 0.15) is 6.33 Å². The molecule has 6 heteroatoms. The smallest absolute Gasteiger partial charge is 0.204 e. The van der Waals surface area contributed by atoms with Crippen molar-refractivity contribution in [1.29, 1.82) is 0 Å². The Hall–Kier alpha value is -2.11. The third-order valence-electron chi connectivity index (χ3n) is 2.56. The molecule has 2 rings (SSSR count). The lowest BCUT2D eigenvalue weighted by Crippen LogP contribution is -2.54. The van der Waals surface area contributed by atoms with Gasteiger partial charge in [-0.25, -0.2) is 15.0 Å². The third-order valence-corrected chi connectivity index (χ3v) is 2.56. The van der Waals surface area contributed by atoms with Crippen molar-refractivity contribution in [3.8, 4) is 0 Å². The molecule has 0 fully saturated rings. The van der Waals surface area contributed by atoms with Crippen LogP contribution in [0.3, 0.4) is 0 Å². The van der Waals surface area contributed by atoms with Crippen molar-refractivity contribution in [1.82, 2.24) is 15.3 Å². The molecule has 0 bridgehead atoms. The van der Waals surface area contributed by atoms with E-state index in [9.17, 15) is 0 Å². The number of aromatic nitrogens is 2. The van der Waals surface area contributed by atoms with Crippen LogP contribution in [-0.4, -0.2) is 29.0 Å². The molecule has 84 valence electrons. The van der Waals surface area contributed by atoms with E-state index in [-0.39, 0.29) is 0 Å². The van der Waals surface area contributed by atoms with Gasteiger partial charge in [-0.05, 0) is 6.92 Å². The van der Waals surface area contributed by atoms with Crippen LogP contribution in [0.5, 0.6) is 0 Å². The number of nitrogens with zero attached hydrogens (tertiary/aromatic N) is 4. The van der Waals surface area contributed by atoms with Crippen LogP contribution in [0.15, 0.2) is 35.6 Å². The number of hydrogen-bond acceptors (Lipinski definition) is 6. The molecule has 1 aromatic heterocycles. The van der Waals surface area contributed by atoms with Crippen LogP contribution in [0.1, 0.15) is 6.92 Å². The van der Waals surface area contributed by atoms with Gasteiger partial charge in [-0.1, -0.05) is 0 Å². The Morgan fingerprint density at radius 2 is 2.06 bits per heavy atom. The van der Waals surface area contributed by atoms with E-state index in [0.717, 1.165) is 5.69 Å². The molecule has 1 aliphatic heterocycles. The number of allylic oxidation sites excluding steroid dienone is 1. The van der Waals surface area contributed by atoms with Crippen molar-refractivity contribution in [2.45, 2.75) is 12.7 Å². The Bertz CT molecular complexity index is 426. The molecule has 0 aliphatic carbocycles. The number of aliphatic imine (C=N–C) groups is 1. The molecule has 1 unspecified atom stereocenters. The van der Waals surface area contributed by atoms with Crippen molar-refractivity contribution in [2.75, 3.05) is 11.9 Å². The Morgan fingerprint density at radius 3 is 2.62 bits per heavy atom. The van der Waals surface area contributed by atoms with Crippen molar-refractivity contribution >= 4 is 11.9 Å². The minimum absolute atomic E-state index is 0.562. The summed E-state index contributed by atoms with van der Waals surface area (Å²) in [6.07, 6.45) is 8.33. The maximum absolute atomic E-state index is 5.60. The number of nitrogens with one attached hydrogen (secondary N) is 1. The van der Waals surface area contributed by atoms with Crippen molar-refractivity contribution in [3.05, 3.63) is 30.6 Å². The lowest BCUT2D eigenvalue weighted by Gasteiger charge is -2.38. The molecule has 0 aromatic carbocycles. The van der Waals surface area contributed by atoms with Crippen LogP contribution in [0, 0.1) is 0 Å². The van der Waals surface area contributed by atoms with E-state index in [0.29, 0.717) is 5.70 Å². The maximum Gasteiger partial charge on any atom is 0.204 e. The molecule has 1 aliphatic rings. The highest BCUT2D eigenvalue weighted by Gasteiger charge is 2.29. The van der Waals surface area contributed by atoms with Gasteiger partial charge in [0, 0.05) is 13.2 Å². The normalized spacial score (nSPS) is 23.5. The summed E-state index contributed by atoms with van der Waals surface area (Å²) in [6, 6.07) is 0. The standard InChI is InChI=1S/C10H14N6/c1-10(14-3-8(11)4-15-10)16(2)9-5-12-7-13-6-9/h3-7,14H,11H2,1-2H3. The quantitative estimate of drug-likeness (QED) is 0.733. The van der Waals surface area contributed by atoms with E-state index < -0.39 is 5.79 Å². The second kappa shape index (κ2) is 3.80. The van der Waals surface area contributed by atoms with Crippen LogP contribution in [0.4, 0.5) is 5.69 Å². The molecule has 0 saturated carbocycles. The minimum Gasteiger partial charge on any atom is -0.396 e. The maximum atomic E-state index is 5.60. The molecule has 16 heavy (non-hydrogen) atoms. The monoisotopic (exact) mass is 218 g/mol. The Labute approximate surface area is 93.9 Å². The highest BCUT2D eigenvalue weighted by atomic mass is 15.4. The summed E-state index contributed by atoms with van der Waals surface area (Å²) < 4.78 is 0. The van der Waals surface area contributed by atoms with Gasteiger partial charge in [0.2, 0.25) is 5.79 Å². The summed E-state index contributed by atoms with van der Waals surface area (Å²) in [5.74, 6) is -0.562. The fourth-order valence-corrected chi connectivity index (χ4v) is 1.39. The molecule has 0 saturated heterocycles. The molecule has 0 spiro atoms. The third kappa shape index (κ3) is 1.81. The molecule has 1 aromatic rings. The van der Waals surface area contributed by atoms with Crippen LogP contribution in [-0.2, 0) is 0 Å². The van der Waals surface area contributed by atoms with Crippen molar-refractivity contribution in [2.24, 2.45) is 10.7 Å². The zero-order valence-electron chi connectivity index (χ0n) is 9.25. The number of anilines is 1. The van der Waals surface area contributed by atoms with Gasteiger partial charge in [-0.3, -0.25) is 0 Å². The zero-order valence-corrected chi connectivity index (χ0v) is 9.25. The first-order valence-corrected chi connectivity index (χ1v) is 4.89. The summed E-state index contributed by atoms with van der Waals surface area (Å²) in [5.41, 5.74) is 7.09. The first-order valence-electron chi connectivity index (χ1n) is 4.89. The fourth-order valence-electron chi connectivity index (χ4n) is 1.39. The first-order chi connectivity index (χ1) is 7.62. The summed E-state index contributed by atoms with van der Waals surface area (Å²) in [4.78, 5) is 14.2. The SMILES string of the molecule is CN(c1cncnc1)C1(C)N=CC(N)=CN1. The summed E-state index contributed by atoms with van der Waals surface area (Å²) in [7, 11) is 1.92. The molecule has 0 radical (unpaired) electrons. The summed E-state index contributed by atoms with van der Waals surface area (Å²) in [5, 5.41) is 3.13. The van der Waals surface area contributed by atoms with Crippen LogP contribution < -0.4 is 16.0 Å². The second-order valence-electron chi connectivity index (χ2n) is 3.72. The van der Waals surface area contributed by atoms with E-state index in [1.807, 2.05) is 18.9 Å². The van der Waals surface area contributed by atoms with Crippen LogP contribution >= 0.6 is 0 Å². The Morgan fingerprint density at radius 1 is 1.38 bits per heavy atom. The van der Waals surface area contributed by atoms with Gasteiger partial charge in [-0.2, -0.15) is 0 Å². The van der Waals surface area contributed by atoms with E-state index in [1.165, 1.54) is 6.33 Å². The zero-order chi connectivity index (χ0) is 11.6.